The van der Waals surface area contributed by atoms with Gasteiger partial charge in [0.1, 0.15) is 12.1 Å². The molecule has 2 aliphatic heterocycles. The Morgan fingerprint density at radius 3 is 2.77 bits per heavy atom. The van der Waals surface area contributed by atoms with Gasteiger partial charge in [0.25, 0.3) is 0 Å². The van der Waals surface area contributed by atoms with E-state index in [1.54, 1.807) is 6.33 Å². The Hall–Kier alpha value is -1.62. The van der Waals surface area contributed by atoms with E-state index in [2.05, 4.69) is 27.8 Å². The lowest BCUT2D eigenvalue weighted by molar-refractivity contribution is 0.189. The average Bonchev–Trinajstić information content (AvgIpc) is 3.19. The molecule has 0 radical (unpaired) electrons. The van der Waals surface area contributed by atoms with Crippen LogP contribution in [0.25, 0.3) is 5.65 Å². The van der Waals surface area contributed by atoms with E-state index < -0.39 is 0 Å². The smallest absolute Gasteiger partial charge is 0.164 e. The van der Waals surface area contributed by atoms with Crippen LogP contribution in [0.5, 0.6) is 5.75 Å². The molecule has 0 spiro atoms. The highest BCUT2D eigenvalue weighted by molar-refractivity contribution is 5.49. The molecule has 2 aromatic rings. The average molecular weight is 298 g/mol. The fourth-order valence-electron chi connectivity index (χ4n) is 4.21. The van der Waals surface area contributed by atoms with Crippen LogP contribution in [0.3, 0.4) is 0 Å². The second kappa shape index (κ2) is 4.95. The van der Waals surface area contributed by atoms with Crippen molar-refractivity contribution in [3.63, 3.8) is 0 Å². The summed E-state index contributed by atoms with van der Waals surface area (Å²) in [6.45, 7) is 0.846. The van der Waals surface area contributed by atoms with Crippen molar-refractivity contribution in [1.29, 1.82) is 0 Å². The quantitative estimate of drug-likeness (QED) is 0.942. The third-order valence-electron chi connectivity index (χ3n) is 5.49. The van der Waals surface area contributed by atoms with Gasteiger partial charge >= 0.3 is 0 Å². The zero-order valence-corrected chi connectivity index (χ0v) is 12.7. The van der Waals surface area contributed by atoms with Crippen LogP contribution in [0.4, 0.5) is 0 Å². The molecular weight excluding hydrogens is 276 g/mol. The zero-order chi connectivity index (χ0) is 14.5. The van der Waals surface area contributed by atoms with Crippen LogP contribution in [0, 0.1) is 5.92 Å². The van der Waals surface area contributed by atoms with E-state index in [1.165, 1.54) is 44.1 Å². The summed E-state index contributed by atoms with van der Waals surface area (Å²) in [4.78, 5) is 0. The summed E-state index contributed by atoms with van der Waals surface area (Å²) in [5.41, 5.74) is 2.22. The van der Waals surface area contributed by atoms with Crippen LogP contribution in [-0.2, 0) is 0 Å². The van der Waals surface area contributed by atoms with Gasteiger partial charge in [-0.2, -0.15) is 0 Å². The van der Waals surface area contributed by atoms with Gasteiger partial charge in [0, 0.05) is 29.9 Å². The van der Waals surface area contributed by atoms with Gasteiger partial charge in [0.05, 0.1) is 6.61 Å². The van der Waals surface area contributed by atoms with Crippen molar-refractivity contribution >= 4 is 5.65 Å². The molecule has 0 amide bonds. The van der Waals surface area contributed by atoms with Crippen LogP contribution in [0.15, 0.2) is 18.6 Å². The number of nitrogens with zero attached hydrogens (tertiary/aromatic N) is 3. The second-order valence-corrected chi connectivity index (χ2v) is 7.25. The van der Waals surface area contributed by atoms with Crippen molar-refractivity contribution in [1.82, 2.24) is 19.9 Å². The molecule has 2 aromatic heterocycles. The Morgan fingerprint density at radius 2 is 2.00 bits per heavy atom. The lowest BCUT2D eigenvalue weighted by Crippen LogP contribution is -2.39. The molecule has 4 heterocycles. The van der Waals surface area contributed by atoms with Crippen molar-refractivity contribution in [2.75, 3.05) is 6.61 Å². The van der Waals surface area contributed by atoms with Gasteiger partial charge in [0.2, 0.25) is 0 Å². The van der Waals surface area contributed by atoms with Crippen molar-refractivity contribution in [3.8, 4) is 5.75 Å². The lowest BCUT2D eigenvalue weighted by atomic mass is 9.93. The van der Waals surface area contributed by atoms with E-state index in [0.717, 1.165) is 30.1 Å². The van der Waals surface area contributed by atoms with Gasteiger partial charge in [0.15, 0.2) is 5.65 Å². The number of hydrogen-bond acceptors (Lipinski definition) is 4. The molecule has 3 atom stereocenters. The Kier molecular flexibility index (Phi) is 2.90. The molecule has 0 aromatic carbocycles. The summed E-state index contributed by atoms with van der Waals surface area (Å²) in [7, 11) is 0. The molecule has 116 valence electrons. The first-order valence-corrected chi connectivity index (χ1v) is 8.57. The van der Waals surface area contributed by atoms with Gasteiger partial charge in [-0.05, 0) is 50.4 Å². The van der Waals surface area contributed by atoms with Gasteiger partial charge in [-0.3, -0.25) is 4.40 Å². The molecule has 2 saturated heterocycles. The molecule has 5 heteroatoms. The van der Waals surface area contributed by atoms with Crippen LogP contribution in [-0.4, -0.2) is 33.3 Å². The minimum Gasteiger partial charge on any atom is -0.493 e. The maximum absolute atomic E-state index is 6.27. The van der Waals surface area contributed by atoms with Crippen molar-refractivity contribution < 1.29 is 4.74 Å². The monoisotopic (exact) mass is 298 g/mol. The number of piperidine rings is 1. The highest BCUT2D eigenvalue weighted by atomic mass is 16.5. The number of pyridine rings is 1. The van der Waals surface area contributed by atoms with E-state index in [0.29, 0.717) is 11.8 Å². The van der Waals surface area contributed by atoms with Gasteiger partial charge in [-0.25, -0.2) is 0 Å². The van der Waals surface area contributed by atoms with E-state index in [1.807, 2.05) is 4.40 Å². The highest BCUT2D eigenvalue weighted by Gasteiger charge is 2.34. The zero-order valence-electron chi connectivity index (χ0n) is 12.7. The van der Waals surface area contributed by atoms with E-state index in [4.69, 9.17) is 4.74 Å². The molecule has 3 fully saturated rings. The molecule has 5 rings (SSSR count). The van der Waals surface area contributed by atoms with Crippen LogP contribution in [0.1, 0.15) is 50.0 Å². The Bertz CT molecular complexity index is 681. The molecule has 2 unspecified atom stereocenters. The molecule has 1 saturated carbocycles. The summed E-state index contributed by atoms with van der Waals surface area (Å²) >= 11 is 0. The lowest BCUT2D eigenvalue weighted by Gasteiger charge is -2.29. The minimum absolute atomic E-state index is 0.672. The Balaban J connectivity index is 1.35. The third-order valence-corrected chi connectivity index (χ3v) is 5.49. The van der Waals surface area contributed by atoms with E-state index in [9.17, 15) is 0 Å². The Labute approximate surface area is 130 Å². The largest absolute Gasteiger partial charge is 0.493 e. The second-order valence-electron chi connectivity index (χ2n) is 7.25. The first-order valence-electron chi connectivity index (χ1n) is 8.57. The van der Waals surface area contributed by atoms with Crippen LogP contribution < -0.4 is 10.1 Å². The number of nitrogens with one attached hydrogen (secondary N) is 1. The molecule has 1 aliphatic carbocycles. The summed E-state index contributed by atoms with van der Waals surface area (Å²) in [5.74, 6) is 2.40. The van der Waals surface area contributed by atoms with Crippen molar-refractivity contribution in [2.24, 2.45) is 5.92 Å². The predicted molar refractivity (Wildman–Crippen MR) is 83.1 cm³/mol. The molecule has 3 aliphatic rings. The molecule has 5 nitrogen and oxygen atoms in total. The maximum atomic E-state index is 6.27. The number of hydrogen-bond donors (Lipinski definition) is 1. The summed E-state index contributed by atoms with van der Waals surface area (Å²) < 4.78 is 8.28. The van der Waals surface area contributed by atoms with Crippen LogP contribution in [0.2, 0.25) is 0 Å². The fourth-order valence-corrected chi connectivity index (χ4v) is 4.21. The number of fused-ring (bicyclic) bond motifs is 3. The summed E-state index contributed by atoms with van der Waals surface area (Å²) in [6.07, 6.45) is 11.7. The Morgan fingerprint density at radius 1 is 1.18 bits per heavy atom. The highest BCUT2D eigenvalue weighted by Crippen LogP contribution is 2.44. The first kappa shape index (κ1) is 12.9. The van der Waals surface area contributed by atoms with Crippen LogP contribution >= 0.6 is 0 Å². The van der Waals surface area contributed by atoms with Crippen molar-refractivity contribution in [3.05, 3.63) is 24.2 Å². The summed E-state index contributed by atoms with van der Waals surface area (Å²) in [5, 5.41) is 11.8. The van der Waals surface area contributed by atoms with E-state index in [-0.39, 0.29) is 0 Å². The first-order chi connectivity index (χ1) is 10.8. The minimum atomic E-state index is 0.672. The third kappa shape index (κ3) is 2.28. The van der Waals surface area contributed by atoms with Gasteiger partial charge < -0.3 is 10.1 Å². The summed E-state index contributed by atoms with van der Waals surface area (Å²) in [6, 6.07) is 3.53. The van der Waals surface area contributed by atoms with Gasteiger partial charge in [-0.15, -0.1) is 10.2 Å². The number of rotatable bonds is 4. The fraction of sp³-hybridized carbons (Fsp3) is 0.647. The number of ether oxygens (including phenoxy) is 1. The molecular formula is C17H22N4O. The van der Waals surface area contributed by atoms with Crippen molar-refractivity contribution in [2.45, 2.75) is 56.5 Å². The maximum Gasteiger partial charge on any atom is 0.164 e. The standard InChI is InChI=1S/C17H22N4O/c1-2-12(1)15-8-21-10-18-20-17(21)7-16(15)22-9-11-5-13-3-4-14(6-11)19-13/h7-8,10-14,19H,1-6,9H2/t11?,13-,14?/m0/s1. The molecule has 22 heavy (non-hydrogen) atoms. The molecule has 1 N–H and O–H groups in total. The molecule has 2 bridgehead atoms. The van der Waals surface area contributed by atoms with E-state index >= 15 is 0 Å². The van der Waals surface area contributed by atoms with Gasteiger partial charge in [-0.1, -0.05) is 0 Å². The SMILES string of the molecule is c1c(OCC2CC3CC[C@@H](C2)N3)c(C2CC2)cn2cnnc12. The number of aromatic nitrogens is 3. The predicted octanol–water partition coefficient (Wildman–Crippen LogP) is 2.52. The topological polar surface area (TPSA) is 51.5 Å². The normalized spacial score (nSPS) is 30.8.